The first-order valence-corrected chi connectivity index (χ1v) is 9.00. The molecule has 0 unspecified atom stereocenters. The van der Waals surface area contributed by atoms with Crippen LogP contribution >= 0.6 is 0 Å². The minimum Gasteiger partial charge on any atom is -0.375 e. The number of ether oxygens (including phenoxy) is 1. The van der Waals surface area contributed by atoms with Crippen LogP contribution in [-0.4, -0.2) is 53.8 Å². The van der Waals surface area contributed by atoms with E-state index in [1.54, 1.807) is 0 Å². The molecule has 1 fully saturated rings. The number of carbonyl (C=O) groups excluding carboxylic acids is 1. The number of hydrogen-bond donors (Lipinski definition) is 1. The highest BCUT2D eigenvalue weighted by atomic mass is 16.5. The number of anilines is 1. The molecule has 0 aliphatic carbocycles. The zero-order valence-electron chi connectivity index (χ0n) is 15.6. The first-order valence-electron chi connectivity index (χ1n) is 9.00. The van der Waals surface area contributed by atoms with Crippen molar-refractivity contribution in [3.63, 3.8) is 0 Å². The van der Waals surface area contributed by atoms with Gasteiger partial charge in [0.05, 0.1) is 24.8 Å². The number of hydrogen-bond acceptors (Lipinski definition) is 6. The number of rotatable bonds is 6. The maximum Gasteiger partial charge on any atom is 0.227 e. The fourth-order valence-electron chi connectivity index (χ4n) is 3.23. The highest BCUT2D eigenvalue weighted by Gasteiger charge is 2.25. The van der Waals surface area contributed by atoms with Gasteiger partial charge in [0.2, 0.25) is 5.91 Å². The van der Waals surface area contributed by atoms with E-state index in [1.807, 2.05) is 44.1 Å². The fourth-order valence-corrected chi connectivity index (χ4v) is 3.23. The Morgan fingerprint density at radius 3 is 3.00 bits per heavy atom. The van der Waals surface area contributed by atoms with E-state index in [2.05, 4.69) is 15.5 Å². The van der Waals surface area contributed by atoms with E-state index in [1.165, 1.54) is 5.56 Å². The molecule has 2 aromatic rings. The number of amides is 1. The molecule has 0 radical (unpaired) electrons. The summed E-state index contributed by atoms with van der Waals surface area (Å²) in [6.45, 7) is 5.56. The number of nitrogens with zero attached hydrogens (tertiary/aromatic N) is 3. The summed E-state index contributed by atoms with van der Waals surface area (Å²) >= 11 is 0. The van der Waals surface area contributed by atoms with Crippen molar-refractivity contribution in [3.8, 4) is 0 Å². The Kier molecular flexibility index (Phi) is 5.88. The van der Waals surface area contributed by atoms with Crippen LogP contribution in [0.4, 0.5) is 5.82 Å². The van der Waals surface area contributed by atoms with Crippen LogP contribution in [0.1, 0.15) is 29.0 Å². The summed E-state index contributed by atoms with van der Waals surface area (Å²) in [5.41, 5.74) is 2.90. The van der Waals surface area contributed by atoms with Crippen molar-refractivity contribution in [1.29, 1.82) is 0 Å². The van der Waals surface area contributed by atoms with Gasteiger partial charge in [-0.05, 0) is 44.4 Å². The molecular weight excluding hydrogens is 332 g/mol. The van der Waals surface area contributed by atoms with Crippen LogP contribution in [0.5, 0.6) is 0 Å². The lowest BCUT2D eigenvalue weighted by Crippen LogP contribution is -2.46. The molecule has 1 N–H and O–H groups in total. The fraction of sp³-hybridized carbons (Fsp3) is 0.526. The van der Waals surface area contributed by atoms with E-state index in [9.17, 15) is 4.79 Å². The number of morpholine rings is 1. The predicted octanol–water partition coefficient (Wildman–Crippen LogP) is 2.13. The first kappa shape index (κ1) is 18.4. The molecule has 7 heteroatoms. The van der Waals surface area contributed by atoms with Crippen molar-refractivity contribution >= 4 is 11.7 Å². The van der Waals surface area contributed by atoms with Crippen molar-refractivity contribution in [2.45, 2.75) is 39.2 Å². The molecule has 3 rings (SSSR count). The summed E-state index contributed by atoms with van der Waals surface area (Å²) in [7, 11) is 1.86. The Bertz CT molecular complexity index is 739. The van der Waals surface area contributed by atoms with E-state index in [4.69, 9.17) is 9.26 Å². The van der Waals surface area contributed by atoms with E-state index in [0.29, 0.717) is 26.1 Å². The second kappa shape index (κ2) is 8.31. The average molecular weight is 358 g/mol. The third-order valence-electron chi connectivity index (χ3n) is 4.84. The Hall–Kier alpha value is -2.41. The molecule has 26 heavy (non-hydrogen) atoms. The molecule has 1 atom stereocenters. The van der Waals surface area contributed by atoms with Gasteiger partial charge in [-0.25, -0.2) is 4.98 Å². The van der Waals surface area contributed by atoms with Crippen molar-refractivity contribution < 1.29 is 14.1 Å². The largest absolute Gasteiger partial charge is 0.375 e. The third kappa shape index (κ3) is 4.40. The normalized spacial score (nSPS) is 17.3. The van der Waals surface area contributed by atoms with Crippen molar-refractivity contribution in [2.24, 2.45) is 0 Å². The molecule has 3 heterocycles. The molecule has 0 aromatic carbocycles. The van der Waals surface area contributed by atoms with Gasteiger partial charge in [0.1, 0.15) is 11.6 Å². The van der Waals surface area contributed by atoms with E-state index in [-0.39, 0.29) is 12.0 Å². The van der Waals surface area contributed by atoms with Crippen molar-refractivity contribution in [1.82, 2.24) is 15.0 Å². The second-order valence-corrected chi connectivity index (χ2v) is 6.65. The molecule has 0 saturated carbocycles. The molecule has 0 spiro atoms. The van der Waals surface area contributed by atoms with Gasteiger partial charge in [-0.2, -0.15) is 0 Å². The minimum atomic E-state index is 0.0589. The summed E-state index contributed by atoms with van der Waals surface area (Å²) in [4.78, 5) is 18.8. The SMILES string of the molecule is CNc1cc(CC[C@H]2CN(C(=O)Cc3c(C)noc3C)CCO2)ccn1. The molecule has 1 amide bonds. The highest BCUT2D eigenvalue weighted by molar-refractivity contribution is 5.79. The molecular formula is C19H26N4O3. The van der Waals surface area contributed by atoms with E-state index < -0.39 is 0 Å². The lowest BCUT2D eigenvalue weighted by atomic mass is 10.1. The van der Waals surface area contributed by atoms with Gasteiger partial charge in [-0.1, -0.05) is 5.16 Å². The monoisotopic (exact) mass is 358 g/mol. The van der Waals surface area contributed by atoms with Crippen LogP contribution in [0.15, 0.2) is 22.9 Å². The Balaban J connectivity index is 1.54. The maximum absolute atomic E-state index is 12.7. The predicted molar refractivity (Wildman–Crippen MR) is 98.1 cm³/mol. The van der Waals surface area contributed by atoms with Gasteiger partial charge >= 0.3 is 0 Å². The zero-order valence-corrected chi connectivity index (χ0v) is 15.6. The quantitative estimate of drug-likeness (QED) is 0.852. The van der Waals surface area contributed by atoms with Gasteiger partial charge in [0.25, 0.3) is 0 Å². The Morgan fingerprint density at radius 2 is 2.27 bits per heavy atom. The van der Waals surface area contributed by atoms with Gasteiger partial charge in [-0.3, -0.25) is 4.79 Å². The Morgan fingerprint density at radius 1 is 1.42 bits per heavy atom. The molecule has 1 aliphatic heterocycles. The van der Waals surface area contributed by atoms with Crippen LogP contribution < -0.4 is 5.32 Å². The molecule has 140 valence electrons. The molecule has 0 bridgehead atoms. The van der Waals surface area contributed by atoms with Crippen LogP contribution in [0, 0.1) is 13.8 Å². The first-order chi connectivity index (χ1) is 12.6. The van der Waals surface area contributed by atoms with Gasteiger partial charge in [0, 0.05) is 31.9 Å². The standard InChI is InChI=1S/C19H26N4O3/c1-13-17(14(2)26-22-13)11-19(24)23-8-9-25-16(12-23)5-4-15-6-7-21-18(10-15)20-3/h6-7,10,16H,4-5,8-9,11-12H2,1-3H3,(H,20,21)/t16-/m0/s1. The lowest BCUT2D eigenvalue weighted by Gasteiger charge is -2.33. The second-order valence-electron chi connectivity index (χ2n) is 6.65. The topological polar surface area (TPSA) is 80.5 Å². The molecule has 7 nitrogen and oxygen atoms in total. The average Bonchev–Trinajstić information content (AvgIpc) is 2.98. The van der Waals surface area contributed by atoms with Crippen LogP contribution in [-0.2, 0) is 22.4 Å². The molecule has 2 aromatic heterocycles. The molecule has 1 aliphatic rings. The summed E-state index contributed by atoms with van der Waals surface area (Å²) in [6.07, 6.45) is 3.98. The van der Waals surface area contributed by atoms with Crippen LogP contribution in [0.2, 0.25) is 0 Å². The zero-order chi connectivity index (χ0) is 18.5. The van der Waals surface area contributed by atoms with Gasteiger partial charge < -0.3 is 19.5 Å². The number of aryl methyl sites for hydroxylation is 3. The van der Waals surface area contributed by atoms with Crippen LogP contribution in [0.3, 0.4) is 0 Å². The minimum absolute atomic E-state index is 0.0589. The van der Waals surface area contributed by atoms with Crippen molar-refractivity contribution in [3.05, 3.63) is 40.9 Å². The van der Waals surface area contributed by atoms with Gasteiger partial charge in [-0.15, -0.1) is 0 Å². The number of aromatic nitrogens is 2. The number of pyridine rings is 1. The summed E-state index contributed by atoms with van der Waals surface area (Å²) in [5, 5.41) is 6.98. The highest BCUT2D eigenvalue weighted by Crippen LogP contribution is 2.17. The number of carbonyl (C=O) groups is 1. The molecule has 1 saturated heterocycles. The van der Waals surface area contributed by atoms with E-state index >= 15 is 0 Å². The van der Waals surface area contributed by atoms with E-state index in [0.717, 1.165) is 35.7 Å². The lowest BCUT2D eigenvalue weighted by molar-refractivity contribution is -0.138. The van der Waals surface area contributed by atoms with Crippen molar-refractivity contribution in [2.75, 3.05) is 32.1 Å². The number of nitrogens with one attached hydrogen (secondary N) is 1. The summed E-state index contributed by atoms with van der Waals surface area (Å²) < 4.78 is 11.0. The maximum atomic E-state index is 12.7. The summed E-state index contributed by atoms with van der Waals surface area (Å²) in [6, 6.07) is 4.06. The smallest absolute Gasteiger partial charge is 0.227 e. The summed E-state index contributed by atoms with van der Waals surface area (Å²) in [5.74, 6) is 1.69. The Labute approximate surface area is 153 Å². The van der Waals surface area contributed by atoms with Crippen LogP contribution in [0.25, 0.3) is 0 Å². The van der Waals surface area contributed by atoms with Gasteiger partial charge in [0.15, 0.2) is 0 Å². The third-order valence-corrected chi connectivity index (χ3v) is 4.84.